The molecule has 0 aliphatic carbocycles. The first-order chi connectivity index (χ1) is 12.4. The molecule has 3 heterocycles. The summed E-state index contributed by atoms with van der Waals surface area (Å²) in [6.45, 7) is 0.287. The Morgan fingerprint density at radius 3 is 2.81 bits per heavy atom. The van der Waals surface area contributed by atoms with Crippen molar-refractivity contribution in [2.75, 3.05) is 13.3 Å². The molecule has 1 N–H and O–H groups in total. The Labute approximate surface area is 146 Å². The van der Waals surface area contributed by atoms with Gasteiger partial charge in [-0.25, -0.2) is 18.3 Å². The Morgan fingerprint density at radius 2 is 2.15 bits per heavy atom. The molecule has 2 aromatic rings. The van der Waals surface area contributed by atoms with Crippen LogP contribution in [0.2, 0.25) is 0 Å². The summed E-state index contributed by atoms with van der Waals surface area (Å²) < 4.78 is 34.9. The van der Waals surface area contributed by atoms with Crippen LogP contribution in [0, 0.1) is 6.92 Å². The van der Waals surface area contributed by atoms with Gasteiger partial charge in [-0.1, -0.05) is 5.21 Å². The predicted octanol–water partition coefficient (Wildman–Crippen LogP) is -0.454. The number of rotatable bonds is 6. The molecule has 11 heteroatoms. The maximum atomic E-state index is 13.8. The molecule has 3 atom stereocenters. The van der Waals surface area contributed by atoms with Gasteiger partial charge in [-0.2, -0.15) is 0 Å². The zero-order chi connectivity index (χ0) is 18.8. The molecule has 1 saturated heterocycles. The molecule has 142 valence electrons. The van der Waals surface area contributed by atoms with Gasteiger partial charge in [0.2, 0.25) is 0 Å². The fourth-order valence-corrected chi connectivity index (χ4v) is 2.90. The fourth-order valence-electron chi connectivity index (χ4n) is 2.90. The van der Waals surface area contributed by atoms with E-state index in [2.05, 4.69) is 10.3 Å². The van der Waals surface area contributed by atoms with Crippen molar-refractivity contribution < 1.29 is 18.6 Å². The Bertz CT molecular complexity index is 893. The van der Waals surface area contributed by atoms with Gasteiger partial charge in [-0.3, -0.25) is 13.9 Å². The van der Waals surface area contributed by atoms with E-state index < -0.39 is 43.0 Å². The van der Waals surface area contributed by atoms with E-state index in [4.69, 9.17) is 9.84 Å². The number of aryl methyl sites for hydroxylation is 2. The minimum absolute atomic E-state index is 0.0241. The number of nitrogens with zero attached hydrogens (tertiary/aromatic N) is 5. The highest BCUT2D eigenvalue weighted by atomic mass is 19.1. The van der Waals surface area contributed by atoms with E-state index in [1.165, 1.54) is 24.0 Å². The number of aliphatic hydroxyl groups is 1. The van der Waals surface area contributed by atoms with Crippen LogP contribution in [0.4, 0.5) is 8.78 Å². The zero-order valence-corrected chi connectivity index (χ0v) is 14.1. The third kappa shape index (κ3) is 3.44. The van der Waals surface area contributed by atoms with Crippen molar-refractivity contribution in [1.82, 2.24) is 24.1 Å². The molecule has 2 aromatic heterocycles. The largest absolute Gasteiger partial charge is 0.394 e. The van der Waals surface area contributed by atoms with Crippen molar-refractivity contribution >= 4 is 0 Å². The van der Waals surface area contributed by atoms with Gasteiger partial charge < -0.3 is 9.84 Å². The molecular formula is C15H19F2N5O4. The van der Waals surface area contributed by atoms with Crippen LogP contribution in [0.25, 0.3) is 0 Å². The molecule has 0 spiro atoms. The molecule has 0 aromatic carbocycles. The molecule has 3 rings (SSSR count). The first kappa shape index (κ1) is 18.4. The molecule has 1 aliphatic heterocycles. The molecule has 26 heavy (non-hydrogen) atoms. The van der Waals surface area contributed by atoms with Gasteiger partial charge in [0, 0.05) is 18.2 Å². The highest BCUT2D eigenvalue weighted by Gasteiger charge is 2.36. The smallest absolute Gasteiger partial charge is 0.333 e. The van der Waals surface area contributed by atoms with E-state index in [1.54, 1.807) is 0 Å². The van der Waals surface area contributed by atoms with E-state index >= 15 is 0 Å². The van der Waals surface area contributed by atoms with Crippen molar-refractivity contribution in [2.24, 2.45) is 0 Å². The quantitative estimate of drug-likeness (QED) is 0.737. The predicted molar refractivity (Wildman–Crippen MR) is 85.3 cm³/mol. The fraction of sp³-hybridized carbons (Fsp3) is 0.600. The highest BCUT2D eigenvalue weighted by molar-refractivity contribution is 5.06. The van der Waals surface area contributed by atoms with Crippen molar-refractivity contribution in [3.8, 4) is 0 Å². The second-order valence-corrected chi connectivity index (χ2v) is 6.12. The normalized spacial score (nSPS) is 22.8. The first-order valence-electron chi connectivity index (χ1n) is 8.12. The summed E-state index contributed by atoms with van der Waals surface area (Å²) in [5.74, 6) is 0. The third-order valence-electron chi connectivity index (χ3n) is 4.24. The first-order valence-corrected chi connectivity index (χ1v) is 8.12. The summed E-state index contributed by atoms with van der Waals surface area (Å²) in [7, 11) is 0. The number of ether oxygens (including phenoxy) is 1. The third-order valence-corrected chi connectivity index (χ3v) is 4.24. The van der Waals surface area contributed by atoms with Crippen LogP contribution in [0.1, 0.15) is 23.9 Å². The molecule has 0 saturated carbocycles. The van der Waals surface area contributed by atoms with Crippen LogP contribution in [0.5, 0.6) is 0 Å². The Hall–Kier alpha value is -2.40. The minimum Gasteiger partial charge on any atom is -0.394 e. The van der Waals surface area contributed by atoms with Gasteiger partial charge in [-0.05, 0) is 6.92 Å². The Balaban J connectivity index is 1.94. The maximum absolute atomic E-state index is 13.8. The zero-order valence-electron chi connectivity index (χ0n) is 14.1. The van der Waals surface area contributed by atoms with Crippen molar-refractivity contribution in [1.29, 1.82) is 0 Å². The van der Waals surface area contributed by atoms with Crippen LogP contribution in [0.3, 0.4) is 0 Å². The highest BCUT2D eigenvalue weighted by Crippen LogP contribution is 2.29. The van der Waals surface area contributed by atoms with Crippen LogP contribution >= 0.6 is 0 Å². The number of aliphatic hydroxyl groups excluding tert-OH is 1. The summed E-state index contributed by atoms with van der Waals surface area (Å²) in [6, 6.07) is 0. The van der Waals surface area contributed by atoms with E-state index in [0.29, 0.717) is 5.69 Å². The maximum Gasteiger partial charge on any atom is 0.333 e. The Kier molecular flexibility index (Phi) is 5.28. The van der Waals surface area contributed by atoms with Gasteiger partial charge in [0.1, 0.15) is 30.9 Å². The molecular weight excluding hydrogens is 352 g/mol. The van der Waals surface area contributed by atoms with E-state index in [9.17, 15) is 18.4 Å². The lowest BCUT2D eigenvalue weighted by atomic mass is 10.2. The van der Waals surface area contributed by atoms with E-state index in [0.717, 1.165) is 9.13 Å². The van der Waals surface area contributed by atoms with Crippen LogP contribution in [-0.4, -0.2) is 54.8 Å². The van der Waals surface area contributed by atoms with Crippen LogP contribution < -0.4 is 11.2 Å². The monoisotopic (exact) mass is 371 g/mol. The average Bonchev–Trinajstić information content (AvgIpc) is 3.21. The van der Waals surface area contributed by atoms with Crippen LogP contribution in [0.15, 0.2) is 22.0 Å². The topological polar surface area (TPSA) is 104 Å². The number of hydrogen-bond donors (Lipinski definition) is 1. The summed E-state index contributed by atoms with van der Waals surface area (Å²) >= 11 is 0. The summed E-state index contributed by atoms with van der Waals surface area (Å²) in [5.41, 5.74) is -0.609. The lowest BCUT2D eigenvalue weighted by Gasteiger charge is -2.17. The molecule has 1 fully saturated rings. The van der Waals surface area contributed by atoms with Crippen LogP contribution in [-0.2, 0) is 17.8 Å². The number of halogens is 2. The summed E-state index contributed by atoms with van der Waals surface area (Å²) in [4.78, 5) is 25.1. The van der Waals surface area contributed by atoms with Crippen molar-refractivity contribution in [3.63, 3.8) is 0 Å². The Morgan fingerprint density at radius 1 is 1.38 bits per heavy atom. The van der Waals surface area contributed by atoms with Gasteiger partial charge in [0.15, 0.2) is 0 Å². The van der Waals surface area contributed by atoms with Gasteiger partial charge in [-0.15, -0.1) is 5.10 Å². The van der Waals surface area contributed by atoms with Crippen molar-refractivity contribution in [3.05, 3.63) is 44.5 Å². The standard InChI is InChI=1S/C15H19F2N5O4/c1-9-5-21(13-4-11(17)12(8-23)26-13)15(25)22(14(9)24)7-10-6-20(3-2-16)19-18-10/h5-6,11-13,23H,2-4,7-8H2,1H3/t11-,12-,13-/m1/s1. The molecule has 0 bridgehead atoms. The molecule has 0 radical (unpaired) electrons. The molecule has 9 nitrogen and oxygen atoms in total. The average molecular weight is 371 g/mol. The molecule has 0 unspecified atom stereocenters. The summed E-state index contributed by atoms with van der Waals surface area (Å²) in [6.07, 6.45) is -0.661. The number of hydrogen-bond acceptors (Lipinski definition) is 6. The second-order valence-electron chi connectivity index (χ2n) is 6.12. The molecule has 1 aliphatic rings. The molecule has 0 amide bonds. The van der Waals surface area contributed by atoms with E-state index in [-0.39, 0.29) is 25.1 Å². The van der Waals surface area contributed by atoms with E-state index in [1.807, 2.05) is 0 Å². The van der Waals surface area contributed by atoms with Gasteiger partial charge in [0.05, 0.1) is 25.9 Å². The number of alkyl halides is 2. The summed E-state index contributed by atoms with van der Waals surface area (Å²) in [5, 5.41) is 16.6. The number of aromatic nitrogens is 5. The van der Waals surface area contributed by atoms with Gasteiger partial charge in [0.25, 0.3) is 5.56 Å². The second kappa shape index (κ2) is 7.46. The van der Waals surface area contributed by atoms with Crippen molar-refractivity contribution in [2.45, 2.75) is 44.9 Å². The SMILES string of the molecule is Cc1cn([C@H]2C[C@@H](F)[C@@H](CO)O2)c(=O)n(Cc2cn(CCF)nn2)c1=O. The minimum atomic E-state index is -1.40. The lowest BCUT2D eigenvalue weighted by Crippen LogP contribution is -2.42. The van der Waals surface area contributed by atoms with Gasteiger partial charge >= 0.3 is 5.69 Å². The lowest BCUT2D eigenvalue weighted by molar-refractivity contribution is -0.0361.